The number of allylic oxidation sites excluding steroid dienone is 1. The number of amides is 1. The molecule has 0 unspecified atom stereocenters. The molecule has 2 N–H and O–H groups in total. The maximum absolute atomic E-state index is 12.7. The number of alkyl halides is 7. The second kappa shape index (κ2) is 4.53. The molecule has 100 valence electrons. The zero-order chi connectivity index (χ0) is 14.1. The number of nitrogens with two attached hydrogens (primary N) is 1. The first-order valence-corrected chi connectivity index (χ1v) is 4.12. The normalized spacial score (nSPS) is 14.9. The van der Waals surface area contributed by atoms with Crippen LogP contribution in [0, 0.1) is 0 Å². The van der Waals surface area contributed by atoms with Gasteiger partial charge in [-0.05, 0) is 6.92 Å². The summed E-state index contributed by atoms with van der Waals surface area (Å²) >= 11 is 0. The minimum atomic E-state index is -6.37. The van der Waals surface area contributed by atoms with Gasteiger partial charge in [0.25, 0.3) is 0 Å². The first kappa shape index (κ1) is 15.7. The number of carbonyl (C=O) groups is 1. The van der Waals surface area contributed by atoms with Crippen LogP contribution < -0.4 is 5.73 Å². The SMILES string of the molecule is C/C(=C\CC(F)(F)C(F)(F)C(F)(F)F)C(N)=O. The van der Waals surface area contributed by atoms with E-state index in [1.807, 2.05) is 0 Å². The van der Waals surface area contributed by atoms with Crippen LogP contribution in [0.15, 0.2) is 11.6 Å². The van der Waals surface area contributed by atoms with Crippen LogP contribution in [0.25, 0.3) is 0 Å². The minimum absolute atomic E-state index is 0.238. The number of hydrogen-bond donors (Lipinski definition) is 1. The predicted octanol–water partition coefficient (Wildman–Crippen LogP) is 2.64. The standard InChI is InChI=1S/C8H8F7NO/c1-4(5(16)17)2-3-6(9,10)7(11,12)8(13,14)15/h2H,3H2,1H3,(H2,16,17)/b4-2+. The van der Waals surface area contributed by atoms with E-state index in [4.69, 9.17) is 0 Å². The molecule has 0 aliphatic carbocycles. The van der Waals surface area contributed by atoms with Gasteiger partial charge < -0.3 is 5.73 Å². The van der Waals surface area contributed by atoms with Crippen molar-refractivity contribution in [3.8, 4) is 0 Å². The molecule has 9 heteroatoms. The van der Waals surface area contributed by atoms with Gasteiger partial charge in [0, 0.05) is 12.0 Å². The predicted molar refractivity (Wildman–Crippen MR) is 43.5 cm³/mol. The third-order valence-electron chi connectivity index (χ3n) is 1.87. The lowest BCUT2D eigenvalue weighted by Crippen LogP contribution is -2.51. The Labute approximate surface area is 91.3 Å². The van der Waals surface area contributed by atoms with E-state index in [1.165, 1.54) is 0 Å². The fourth-order valence-electron chi connectivity index (χ4n) is 0.717. The summed E-state index contributed by atoms with van der Waals surface area (Å²) in [5.41, 5.74) is 4.07. The number of rotatable bonds is 4. The fourth-order valence-corrected chi connectivity index (χ4v) is 0.717. The van der Waals surface area contributed by atoms with Crippen molar-refractivity contribution in [3.05, 3.63) is 11.6 Å². The highest BCUT2D eigenvalue weighted by molar-refractivity contribution is 5.91. The van der Waals surface area contributed by atoms with E-state index in [9.17, 15) is 35.5 Å². The van der Waals surface area contributed by atoms with E-state index < -0.39 is 35.9 Å². The first-order chi connectivity index (χ1) is 7.33. The summed E-state index contributed by atoms with van der Waals surface area (Å²) in [6.45, 7) is 0.921. The molecule has 0 rings (SSSR count). The molecule has 0 fully saturated rings. The topological polar surface area (TPSA) is 43.1 Å². The minimum Gasteiger partial charge on any atom is -0.366 e. The Balaban J connectivity index is 5.05. The van der Waals surface area contributed by atoms with E-state index in [2.05, 4.69) is 5.73 Å². The third kappa shape index (κ3) is 3.34. The van der Waals surface area contributed by atoms with Crippen LogP contribution in [0.3, 0.4) is 0 Å². The summed E-state index contributed by atoms with van der Waals surface area (Å²) < 4.78 is 85.0. The lowest BCUT2D eigenvalue weighted by atomic mass is 10.1. The molecule has 1 amide bonds. The van der Waals surface area contributed by atoms with Crippen molar-refractivity contribution in [1.82, 2.24) is 0 Å². The molecule has 0 aromatic heterocycles. The van der Waals surface area contributed by atoms with E-state index in [-0.39, 0.29) is 6.08 Å². The maximum Gasteiger partial charge on any atom is 0.459 e. The summed E-state index contributed by atoms with van der Waals surface area (Å²) in [4.78, 5) is 10.4. The van der Waals surface area contributed by atoms with Crippen molar-refractivity contribution >= 4 is 5.91 Å². The molecule has 0 saturated carbocycles. The van der Waals surface area contributed by atoms with Crippen molar-refractivity contribution < 1.29 is 35.5 Å². The van der Waals surface area contributed by atoms with Crippen molar-refractivity contribution in [2.45, 2.75) is 31.4 Å². The van der Waals surface area contributed by atoms with Crippen molar-refractivity contribution in [3.63, 3.8) is 0 Å². The second-order valence-electron chi connectivity index (χ2n) is 3.23. The van der Waals surface area contributed by atoms with Crippen LogP contribution in [0.5, 0.6) is 0 Å². The molecule has 0 aliphatic heterocycles. The molecule has 0 spiro atoms. The third-order valence-corrected chi connectivity index (χ3v) is 1.87. The van der Waals surface area contributed by atoms with Gasteiger partial charge in [-0.15, -0.1) is 0 Å². The summed E-state index contributed by atoms with van der Waals surface area (Å²) in [5, 5.41) is 0. The summed E-state index contributed by atoms with van der Waals surface area (Å²) in [5.74, 6) is -12.7. The lowest BCUT2D eigenvalue weighted by Gasteiger charge is -2.27. The molecule has 0 saturated heterocycles. The molecule has 17 heavy (non-hydrogen) atoms. The van der Waals surface area contributed by atoms with Crippen molar-refractivity contribution in [2.75, 3.05) is 0 Å². The Bertz CT molecular complexity index is 331. The number of carbonyl (C=O) groups excluding carboxylic acids is 1. The zero-order valence-corrected chi connectivity index (χ0v) is 8.42. The Hall–Kier alpha value is -1.28. The van der Waals surface area contributed by atoms with Gasteiger partial charge in [0.1, 0.15) is 0 Å². The molecule has 0 atom stereocenters. The van der Waals surface area contributed by atoms with Crippen LogP contribution in [0.1, 0.15) is 13.3 Å². The quantitative estimate of drug-likeness (QED) is 0.617. The van der Waals surface area contributed by atoms with Crippen LogP contribution in [0.2, 0.25) is 0 Å². The van der Waals surface area contributed by atoms with Crippen molar-refractivity contribution in [1.29, 1.82) is 0 Å². The van der Waals surface area contributed by atoms with Gasteiger partial charge in [0.05, 0.1) is 0 Å². The van der Waals surface area contributed by atoms with Gasteiger partial charge in [0.2, 0.25) is 5.91 Å². The molecular weight excluding hydrogens is 259 g/mol. The molecule has 0 bridgehead atoms. The molecule has 0 aromatic carbocycles. The number of halogens is 7. The van der Waals surface area contributed by atoms with Crippen LogP contribution in [0.4, 0.5) is 30.7 Å². The molecular formula is C8H8F7NO. The average molecular weight is 267 g/mol. The van der Waals surface area contributed by atoms with Gasteiger partial charge in [-0.1, -0.05) is 6.08 Å². The monoisotopic (exact) mass is 267 g/mol. The first-order valence-electron chi connectivity index (χ1n) is 4.12. The molecule has 0 heterocycles. The molecule has 0 aromatic rings. The Morgan fingerprint density at radius 1 is 1.12 bits per heavy atom. The van der Waals surface area contributed by atoms with Crippen LogP contribution in [-0.4, -0.2) is 23.9 Å². The highest BCUT2D eigenvalue weighted by atomic mass is 19.4. The largest absolute Gasteiger partial charge is 0.459 e. The van der Waals surface area contributed by atoms with Gasteiger partial charge in [-0.2, -0.15) is 30.7 Å². The van der Waals surface area contributed by atoms with Gasteiger partial charge in [-0.3, -0.25) is 4.79 Å². The maximum atomic E-state index is 12.7. The zero-order valence-electron chi connectivity index (χ0n) is 8.42. The van der Waals surface area contributed by atoms with Gasteiger partial charge in [0.15, 0.2) is 0 Å². The van der Waals surface area contributed by atoms with Crippen LogP contribution >= 0.6 is 0 Å². The summed E-state index contributed by atoms with van der Waals surface area (Å²) in [7, 11) is 0. The molecule has 0 radical (unpaired) electrons. The van der Waals surface area contributed by atoms with Gasteiger partial charge >= 0.3 is 18.0 Å². The van der Waals surface area contributed by atoms with E-state index in [0.29, 0.717) is 0 Å². The fraction of sp³-hybridized carbons (Fsp3) is 0.625. The highest BCUT2D eigenvalue weighted by Crippen LogP contribution is 2.48. The highest BCUT2D eigenvalue weighted by Gasteiger charge is 2.72. The average Bonchev–Trinajstić information content (AvgIpc) is 2.11. The Kier molecular flexibility index (Phi) is 4.19. The Morgan fingerprint density at radius 3 is 1.82 bits per heavy atom. The molecule has 2 nitrogen and oxygen atoms in total. The van der Waals surface area contributed by atoms with E-state index >= 15 is 0 Å². The van der Waals surface area contributed by atoms with E-state index in [0.717, 1.165) is 6.92 Å². The lowest BCUT2D eigenvalue weighted by molar-refractivity contribution is -0.353. The Morgan fingerprint density at radius 2 is 1.53 bits per heavy atom. The second-order valence-corrected chi connectivity index (χ2v) is 3.23. The summed E-state index contributed by atoms with van der Waals surface area (Å²) in [6, 6.07) is 0. The van der Waals surface area contributed by atoms with Crippen molar-refractivity contribution in [2.24, 2.45) is 5.73 Å². The van der Waals surface area contributed by atoms with Gasteiger partial charge in [-0.25, -0.2) is 0 Å². The number of primary amides is 1. The number of hydrogen-bond acceptors (Lipinski definition) is 1. The summed E-state index contributed by atoms with van der Waals surface area (Å²) in [6.07, 6.45) is -8.07. The molecule has 0 aliphatic rings. The smallest absolute Gasteiger partial charge is 0.366 e. The van der Waals surface area contributed by atoms with Crippen LogP contribution in [-0.2, 0) is 4.79 Å². The van der Waals surface area contributed by atoms with E-state index in [1.54, 1.807) is 0 Å².